The molecule has 0 aliphatic rings. The number of rotatable bonds is 4. The molecule has 0 aliphatic heterocycles. The second kappa shape index (κ2) is 5.82. The Morgan fingerprint density at radius 1 is 1.19 bits per heavy atom. The molecule has 0 saturated carbocycles. The molecule has 0 aliphatic carbocycles. The number of nitrogens with zero attached hydrogens (tertiary/aromatic N) is 1. The fourth-order valence-electron chi connectivity index (χ4n) is 1.76. The van der Waals surface area contributed by atoms with E-state index in [1.807, 2.05) is 0 Å². The third-order valence-electron chi connectivity index (χ3n) is 2.63. The number of aromatic carboxylic acids is 1. The summed E-state index contributed by atoms with van der Waals surface area (Å²) in [5.41, 5.74) is -1.95. The topological polar surface area (TPSA) is 59.4 Å². The van der Waals surface area contributed by atoms with Gasteiger partial charge in [0.2, 0.25) is 0 Å². The van der Waals surface area contributed by atoms with Gasteiger partial charge in [-0.2, -0.15) is 0 Å². The van der Waals surface area contributed by atoms with E-state index in [-0.39, 0.29) is 12.4 Å². The van der Waals surface area contributed by atoms with E-state index in [1.54, 1.807) is 6.92 Å². The predicted molar refractivity (Wildman–Crippen MR) is 67.7 cm³/mol. The van der Waals surface area contributed by atoms with Gasteiger partial charge >= 0.3 is 5.97 Å². The van der Waals surface area contributed by atoms with Crippen LogP contribution >= 0.6 is 0 Å². The molecule has 0 amide bonds. The number of carboxylic acids is 1. The molecule has 0 radical (unpaired) electrons. The van der Waals surface area contributed by atoms with Crippen molar-refractivity contribution in [2.24, 2.45) is 0 Å². The summed E-state index contributed by atoms with van der Waals surface area (Å²) in [6, 6.07) is 3.47. The van der Waals surface area contributed by atoms with Gasteiger partial charge in [-0.25, -0.2) is 22.9 Å². The molecule has 4 nitrogen and oxygen atoms in total. The van der Waals surface area contributed by atoms with E-state index >= 15 is 0 Å². The minimum absolute atomic E-state index is 0.0500. The Morgan fingerprint density at radius 3 is 2.33 bits per heavy atom. The number of hydrogen-bond donors (Lipinski definition) is 1. The van der Waals surface area contributed by atoms with E-state index < -0.39 is 40.4 Å². The van der Waals surface area contributed by atoms with E-state index in [9.17, 15) is 18.0 Å². The molecule has 7 heteroatoms. The highest BCUT2D eigenvalue weighted by molar-refractivity contribution is 5.86. The maximum absolute atomic E-state index is 14.0. The fraction of sp³-hybridized carbons (Fsp3) is 0.143. The smallest absolute Gasteiger partial charge is 0.354 e. The van der Waals surface area contributed by atoms with Crippen molar-refractivity contribution >= 4 is 5.97 Å². The second-order valence-corrected chi connectivity index (χ2v) is 4.03. The van der Waals surface area contributed by atoms with Crippen LogP contribution in [0.3, 0.4) is 0 Å². The van der Waals surface area contributed by atoms with E-state index in [4.69, 9.17) is 9.84 Å². The summed E-state index contributed by atoms with van der Waals surface area (Å²) in [6.07, 6.45) is 0. The Hall–Kier alpha value is -2.57. The molecule has 1 aromatic carbocycles. The van der Waals surface area contributed by atoms with Gasteiger partial charge in [-0.05, 0) is 19.1 Å². The van der Waals surface area contributed by atoms with Gasteiger partial charge in [0.25, 0.3) is 0 Å². The van der Waals surface area contributed by atoms with Gasteiger partial charge in [0, 0.05) is 12.1 Å². The van der Waals surface area contributed by atoms with Gasteiger partial charge in [-0.1, -0.05) is 0 Å². The average molecular weight is 297 g/mol. The number of carbonyl (C=O) groups is 1. The number of pyridine rings is 1. The lowest BCUT2D eigenvalue weighted by Gasteiger charge is -2.09. The van der Waals surface area contributed by atoms with Crippen LogP contribution in [0.2, 0.25) is 0 Å². The summed E-state index contributed by atoms with van der Waals surface area (Å²) >= 11 is 0. The van der Waals surface area contributed by atoms with Crippen LogP contribution in [-0.2, 0) is 0 Å². The van der Waals surface area contributed by atoms with Crippen LogP contribution in [0.15, 0.2) is 24.3 Å². The summed E-state index contributed by atoms with van der Waals surface area (Å²) in [5.74, 6) is -4.68. The Bertz CT molecular complexity index is 681. The molecule has 1 heterocycles. The fourth-order valence-corrected chi connectivity index (χ4v) is 1.76. The monoisotopic (exact) mass is 297 g/mol. The molecule has 0 saturated heterocycles. The van der Waals surface area contributed by atoms with Crippen LogP contribution in [0, 0.1) is 17.5 Å². The summed E-state index contributed by atoms with van der Waals surface area (Å²) in [4.78, 5) is 14.3. The SMILES string of the molecule is CCOc1cc(F)c(-c2nc(C(=O)O)ccc2F)c(F)c1. The Morgan fingerprint density at radius 2 is 1.81 bits per heavy atom. The van der Waals surface area contributed by atoms with Crippen LogP contribution < -0.4 is 4.74 Å². The molecule has 0 atom stereocenters. The van der Waals surface area contributed by atoms with Crippen molar-refractivity contribution in [2.45, 2.75) is 6.92 Å². The Labute approximate surface area is 117 Å². The van der Waals surface area contributed by atoms with Crippen LogP contribution in [0.25, 0.3) is 11.3 Å². The van der Waals surface area contributed by atoms with Crippen molar-refractivity contribution in [3.05, 3.63) is 47.4 Å². The third kappa shape index (κ3) is 2.96. The maximum atomic E-state index is 14.0. The van der Waals surface area contributed by atoms with Crippen LogP contribution in [0.4, 0.5) is 13.2 Å². The second-order valence-electron chi connectivity index (χ2n) is 4.03. The first-order valence-corrected chi connectivity index (χ1v) is 5.96. The van der Waals surface area contributed by atoms with Crippen LogP contribution in [0.1, 0.15) is 17.4 Å². The lowest BCUT2D eigenvalue weighted by atomic mass is 10.1. The molecule has 1 aromatic heterocycles. The Balaban J connectivity index is 2.61. The average Bonchev–Trinajstić information content (AvgIpc) is 2.40. The van der Waals surface area contributed by atoms with Gasteiger partial charge < -0.3 is 9.84 Å². The minimum atomic E-state index is -1.43. The number of carboxylic acid groups (broad SMARTS) is 1. The molecule has 0 unspecified atom stereocenters. The van der Waals surface area contributed by atoms with Crippen molar-refractivity contribution in [1.82, 2.24) is 4.98 Å². The molecular formula is C14H10F3NO3. The zero-order valence-corrected chi connectivity index (χ0v) is 10.9. The quantitative estimate of drug-likeness (QED) is 0.941. The number of halogens is 3. The highest BCUT2D eigenvalue weighted by Crippen LogP contribution is 2.30. The van der Waals surface area contributed by atoms with Crippen LogP contribution in [0.5, 0.6) is 5.75 Å². The molecule has 21 heavy (non-hydrogen) atoms. The molecule has 0 fully saturated rings. The van der Waals surface area contributed by atoms with Gasteiger partial charge in [-0.15, -0.1) is 0 Å². The number of benzene rings is 1. The normalized spacial score (nSPS) is 10.5. The molecule has 110 valence electrons. The van der Waals surface area contributed by atoms with Gasteiger partial charge in [0.05, 0.1) is 12.2 Å². The van der Waals surface area contributed by atoms with Gasteiger partial charge in [0.1, 0.15) is 34.6 Å². The summed E-state index contributed by atoms with van der Waals surface area (Å²) < 4.78 is 46.6. The van der Waals surface area contributed by atoms with E-state index in [0.29, 0.717) is 0 Å². The molecule has 2 rings (SSSR count). The molecule has 2 aromatic rings. The van der Waals surface area contributed by atoms with Crippen LogP contribution in [-0.4, -0.2) is 22.7 Å². The van der Waals surface area contributed by atoms with Crippen molar-refractivity contribution in [2.75, 3.05) is 6.61 Å². The standard InChI is InChI=1S/C14H10F3NO3/c1-2-21-7-5-9(16)12(10(17)6-7)13-8(15)3-4-11(18-13)14(19)20/h3-6H,2H2,1H3,(H,19,20). The summed E-state index contributed by atoms with van der Waals surface area (Å²) in [5, 5.41) is 8.81. The summed E-state index contributed by atoms with van der Waals surface area (Å²) in [7, 11) is 0. The zero-order chi connectivity index (χ0) is 15.6. The first-order chi connectivity index (χ1) is 9.93. The highest BCUT2D eigenvalue weighted by atomic mass is 19.1. The third-order valence-corrected chi connectivity index (χ3v) is 2.63. The van der Waals surface area contributed by atoms with E-state index in [0.717, 1.165) is 24.3 Å². The minimum Gasteiger partial charge on any atom is -0.494 e. The first-order valence-electron chi connectivity index (χ1n) is 5.96. The van der Waals surface area contributed by atoms with Crippen molar-refractivity contribution in [1.29, 1.82) is 0 Å². The van der Waals surface area contributed by atoms with E-state index in [1.165, 1.54) is 0 Å². The molecule has 1 N–H and O–H groups in total. The highest BCUT2D eigenvalue weighted by Gasteiger charge is 2.20. The number of ether oxygens (including phenoxy) is 1. The zero-order valence-electron chi connectivity index (χ0n) is 10.9. The lowest BCUT2D eigenvalue weighted by molar-refractivity contribution is 0.0690. The molecule has 0 bridgehead atoms. The van der Waals surface area contributed by atoms with Crippen molar-refractivity contribution < 1.29 is 27.8 Å². The maximum Gasteiger partial charge on any atom is 0.354 e. The largest absolute Gasteiger partial charge is 0.494 e. The molecular weight excluding hydrogens is 287 g/mol. The Kier molecular flexibility index (Phi) is 4.11. The molecule has 0 spiro atoms. The van der Waals surface area contributed by atoms with Gasteiger partial charge in [-0.3, -0.25) is 0 Å². The van der Waals surface area contributed by atoms with Crippen molar-refractivity contribution in [3.63, 3.8) is 0 Å². The lowest BCUT2D eigenvalue weighted by Crippen LogP contribution is -2.05. The first kappa shape index (κ1) is 14.8. The summed E-state index contributed by atoms with van der Waals surface area (Å²) in [6.45, 7) is 1.85. The van der Waals surface area contributed by atoms with Gasteiger partial charge in [0.15, 0.2) is 0 Å². The number of hydrogen-bond acceptors (Lipinski definition) is 3. The van der Waals surface area contributed by atoms with E-state index in [2.05, 4.69) is 4.98 Å². The predicted octanol–water partition coefficient (Wildman–Crippen LogP) is 3.26. The number of aromatic nitrogens is 1. The van der Waals surface area contributed by atoms with Crippen molar-refractivity contribution in [3.8, 4) is 17.0 Å².